The second-order valence-electron chi connectivity index (χ2n) is 7.75. The van der Waals surface area contributed by atoms with Gasteiger partial charge in [-0.15, -0.1) is 5.10 Å². The first-order chi connectivity index (χ1) is 13.4. The van der Waals surface area contributed by atoms with E-state index in [1.54, 1.807) is 12.2 Å². The van der Waals surface area contributed by atoms with Gasteiger partial charge in [-0.2, -0.15) is 10.1 Å². The Bertz CT molecular complexity index is 552. The molecule has 2 rings (SSSR count). The van der Waals surface area contributed by atoms with Gasteiger partial charge >= 0.3 is 6.03 Å². The summed E-state index contributed by atoms with van der Waals surface area (Å²) in [5, 5.41) is 10.6. The number of nitrogens with one attached hydrogen (secondary N) is 1. The average Bonchev–Trinajstić information content (AvgIpc) is 3.11. The summed E-state index contributed by atoms with van der Waals surface area (Å²) >= 11 is 1.37. The predicted octanol–water partition coefficient (Wildman–Crippen LogP) is 3.19. The van der Waals surface area contributed by atoms with Crippen molar-refractivity contribution in [3.05, 3.63) is 0 Å². The number of rotatable bonds is 9. The van der Waals surface area contributed by atoms with Crippen molar-refractivity contribution in [3.63, 3.8) is 0 Å². The molecule has 0 aromatic carbocycles. The van der Waals surface area contributed by atoms with E-state index in [1.807, 2.05) is 7.05 Å². The first-order valence-electron chi connectivity index (χ1n) is 10.2. The highest BCUT2D eigenvalue weighted by molar-refractivity contribution is 8.13. The Kier molecular flexibility index (Phi) is 9.53. The molecule has 1 saturated carbocycles. The van der Waals surface area contributed by atoms with Crippen LogP contribution in [0.15, 0.2) is 5.10 Å². The van der Waals surface area contributed by atoms with Gasteiger partial charge in [0.25, 0.3) is 11.5 Å². The smallest absolute Gasteiger partial charge is 0.341 e. The van der Waals surface area contributed by atoms with E-state index in [1.165, 1.54) is 23.2 Å². The lowest BCUT2D eigenvalue weighted by Gasteiger charge is -2.26. The van der Waals surface area contributed by atoms with Crippen LogP contribution in [0.4, 0.5) is 4.79 Å². The van der Waals surface area contributed by atoms with E-state index >= 15 is 0 Å². The summed E-state index contributed by atoms with van der Waals surface area (Å²) in [6.45, 7) is 4.81. The molecule has 2 amide bonds. The molecule has 1 aliphatic heterocycles. The SMILES string of the molecule is CON(C)CCSC1=NN(C(=O)NC2CCCCC2)C(C(=O)CCC(C)C)O1. The standard InChI is InChI=1S/C19H34N4O4S/c1-14(2)10-11-16(24)17-23(18(25)20-15-8-6-5-7-9-15)21-19(27-17)28-13-12-22(3)26-4/h14-15,17H,5-13H2,1-4H3,(H,20,25). The molecular weight excluding hydrogens is 380 g/mol. The number of hydrogen-bond acceptors (Lipinski definition) is 7. The normalized spacial score (nSPS) is 20.4. The van der Waals surface area contributed by atoms with Crippen LogP contribution in [0.2, 0.25) is 0 Å². The van der Waals surface area contributed by atoms with Crippen molar-refractivity contribution in [2.24, 2.45) is 11.0 Å². The Labute approximate surface area is 172 Å². The summed E-state index contributed by atoms with van der Waals surface area (Å²) in [7, 11) is 3.44. The first-order valence-corrected chi connectivity index (χ1v) is 11.1. The second kappa shape index (κ2) is 11.6. The van der Waals surface area contributed by atoms with Crippen LogP contribution < -0.4 is 5.32 Å². The molecule has 0 bridgehead atoms. The molecule has 0 spiro atoms. The molecule has 2 aliphatic rings. The molecule has 0 aromatic heterocycles. The summed E-state index contributed by atoms with van der Waals surface area (Å²) < 4.78 is 5.76. The summed E-state index contributed by atoms with van der Waals surface area (Å²) in [6.07, 6.45) is 5.57. The number of ether oxygens (including phenoxy) is 1. The lowest BCUT2D eigenvalue weighted by atomic mass is 9.96. The molecule has 0 radical (unpaired) electrons. The summed E-state index contributed by atoms with van der Waals surface area (Å²) in [6, 6.07) is -0.200. The number of ketones is 1. The minimum absolute atomic E-state index is 0.110. The minimum Gasteiger partial charge on any atom is -0.438 e. The van der Waals surface area contributed by atoms with Crippen LogP contribution in [-0.4, -0.2) is 65.8 Å². The fourth-order valence-electron chi connectivity index (χ4n) is 3.12. The fourth-order valence-corrected chi connectivity index (χ4v) is 3.95. The largest absolute Gasteiger partial charge is 0.438 e. The average molecular weight is 415 g/mol. The number of urea groups is 1. The van der Waals surface area contributed by atoms with Gasteiger partial charge in [0.15, 0.2) is 5.78 Å². The number of thioether (sulfide) groups is 1. The van der Waals surface area contributed by atoms with Crippen molar-refractivity contribution in [1.82, 2.24) is 15.4 Å². The number of Topliss-reactive ketones (excluding diaryl/α,β-unsaturated/α-hetero) is 1. The van der Waals surface area contributed by atoms with E-state index < -0.39 is 6.23 Å². The third kappa shape index (κ3) is 7.25. The van der Waals surface area contributed by atoms with Crippen LogP contribution in [0.25, 0.3) is 0 Å². The Hall–Kier alpha value is -1.32. The highest BCUT2D eigenvalue weighted by atomic mass is 32.2. The Morgan fingerprint density at radius 1 is 1.36 bits per heavy atom. The second-order valence-corrected chi connectivity index (χ2v) is 8.79. The Morgan fingerprint density at radius 2 is 2.07 bits per heavy atom. The van der Waals surface area contributed by atoms with Gasteiger partial charge in [-0.05, 0) is 25.2 Å². The minimum atomic E-state index is -0.968. The number of amides is 2. The van der Waals surface area contributed by atoms with Crippen LogP contribution in [0.3, 0.4) is 0 Å². The van der Waals surface area contributed by atoms with E-state index in [9.17, 15) is 9.59 Å². The number of hydroxylamine groups is 2. The maximum atomic E-state index is 12.8. The lowest BCUT2D eigenvalue weighted by molar-refractivity contribution is -0.131. The summed E-state index contributed by atoms with van der Waals surface area (Å²) in [5.41, 5.74) is 0. The quantitative estimate of drug-likeness (QED) is 0.584. The van der Waals surface area contributed by atoms with Crippen LogP contribution in [0.5, 0.6) is 0 Å². The van der Waals surface area contributed by atoms with E-state index in [0.29, 0.717) is 29.9 Å². The maximum absolute atomic E-state index is 12.8. The predicted molar refractivity (Wildman–Crippen MR) is 111 cm³/mol. The zero-order valence-corrected chi connectivity index (χ0v) is 18.3. The highest BCUT2D eigenvalue weighted by Crippen LogP contribution is 2.24. The van der Waals surface area contributed by atoms with Crippen LogP contribution in [0, 0.1) is 5.92 Å². The molecule has 1 N–H and O–H groups in total. The van der Waals surface area contributed by atoms with E-state index in [0.717, 1.165) is 32.1 Å². The summed E-state index contributed by atoms with van der Waals surface area (Å²) in [5.74, 6) is 0.976. The molecule has 160 valence electrons. The van der Waals surface area contributed by atoms with Crippen LogP contribution in [0.1, 0.15) is 58.8 Å². The van der Waals surface area contributed by atoms with Crippen molar-refractivity contribution >= 4 is 28.8 Å². The monoisotopic (exact) mass is 414 g/mol. The van der Waals surface area contributed by atoms with E-state index in [4.69, 9.17) is 9.57 Å². The van der Waals surface area contributed by atoms with E-state index in [2.05, 4.69) is 24.3 Å². The van der Waals surface area contributed by atoms with Gasteiger partial charge in [0, 0.05) is 31.8 Å². The fraction of sp³-hybridized carbons (Fsp3) is 0.842. The molecular formula is C19H34N4O4S. The van der Waals surface area contributed by atoms with Crippen LogP contribution in [-0.2, 0) is 14.4 Å². The van der Waals surface area contributed by atoms with Gasteiger partial charge in [0.05, 0.1) is 7.11 Å². The third-order valence-corrected chi connectivity index (χ3v) is 5.76. The molecule has 1 aliphatic carbocycles. The molecule has 8 nitrogen and oxygen atoms in total. The molecule has 0 saturated heterocycles. The first kappa shape index (κ1) is 23.0. The van der Waals surface area contributed by atoms with Gasteiger partial charge in [-0.1, -0.05) is 44.9 Å². The van der Waals surface area contributed by atoms with Crippen molar-refractivity contribution in [2.75, 3.05) is 26.5 Å². The van der Waals surface area contributed by atoms with Gasteiger partial charge in [0.1, 0.15) is 0 Å². The molecule has 9 heteroatoms. The van der Waals surface area contributed by atoms with E-state index in [-0.39, 0.29) is 17.9 Å². The zero-order valence-electron chi connectivity index (χ0n) is 17.5. The van der Waals surface area contributed by atoms with Gasteiger partial charge < -0.3 is 14.9 Å². The number of hydrogen-bond donors (Lipinski definition) is 1. The zero-order chi connectivity index (χ0) is 20.5. The van der Waals surface area contributed by atoms with Crippen molar-refractivity contribution < 1.29 is 19.2 Å². The number of nitrogens with zero attached hydrogens (tertiary/aromatic N) is 3. The Morgan fingerprint density at radius 3 is 2.71 bits per heavy atom. The van der Waals surface area contributed by atoms with Gasteiger partial charge in [-0.25, -0.2) is 4.79 Å². The number of hydrazone groups is 1. The highest BCUT2D eigenvalue weighted by Gasteiger charge is 2.38. The number of carbonyl (C=O) groups is 2. The molecule has 28 heavy (non-hydrogen) atoms. The van der Waals surface area contributed by atoms with Crippen molar-refractivity contribution in [1.29, 1.82) is 0 Å². The van der Waals surface area contributed by atoms with Crippen molar-refractivity contribution in [2.45, 2.75) is 71.1 Å². The van der Waals surface area contributed by atoms with Gasteiger partial charge in [0.2, 0.25) is 0 Å². The molecule has 1 heterocycles. The van der Waals surface area contributed by atoms with Crippen molar-refractivity contribution in [3.8, 4) is 0 Å². The Balaban J connectivity index is 1.98. The molecule has 1 atom stereocenters. The lowest BCUT2D eigenvalue weighted by Crippen LogP contribution is -2.48. The molecule has 0 aromatic rings. The third-order valence-electron chi connectivity index (χ3n) is 4.95. The molecule has 1 fully saturated rings. The topological polar surface area (TPSA) is 83.5 Å². The number of carbonyl (C=O) groups excluding carboxylic acids is 2. The van der Waals surface area contributed by atoms with Crippen LogP contribution >= 0.6 is 11.8 Å². The van der Waals surface area contributed by atoms with Gasteiger partial charge in [-0.3, -0.25) is 4.79 Å². The molecule has 1 unspecified atom stereocenters. The maximum Gasteiger partial charge on any atom is 0.341 e. The summed E-state index contributed by atoms with van der Waals surface area (Å²) in [4.78, 5) is 30.5.